The quantitative estimate of drug-likeness (QED) is 0.271. The van der Waals surface area contributed by atoms with Crippen LogP contribution in [0.2, 0.25) is 0 Å². The minimum absolute atomic E-state index is 0.0489. The number of carbonyl (C=O) groups is 2. The van der Waals surface area contributed by atoms with Crippen LogP contribution in [-0.2, 0) is 9.53 Å². The number of amides is 2. The first-order valence-electron chi connectivity index (χ1n) is 3.98. The summed E-state index contributed by atoms with van der Waals surface area (Å²) in [6.07, 6.45) is 0.0489. The second kappa shape index (κ2) is 5.36. The molecule has 0 bridgehead atoms. The minimum atomic E-state index is -0.767. The molecule has 0 saturated carbocycles. The second-order valence-electron chi connectivity index (χ2n) is 2.60. The number of nitrogens with zero attached hydrogens (tertiary/aromatic N) is 1. The van der Waals surface area contributed by atoms with Crippen LogP contribution in [0.25, 0.3) is 0 Å². The number of hydrogen-bond acceptors (Lipinski definition) is 4. The Balaban J connectivity index is 3.92. The van der Waals surface area contributed by atoms with Crippen molar-refractivity contribution >= 4 is 12.0 Å². The zero-order chi connectivity index (χ0) is 10.4. The summed E-state index contributed by atoms with van der Waals surface area (Å²) in [7, 11) is 0. The molecular weight excluding hydrogens is 174 g/mol. The van der Waals surface area contributed by atoms with Gasteiger partial charge in [0, 0.05) is 0 Å². The van der Waals surface area contributed by atoms with E-state index in [1.807, 2.05) is 0 Å². The first-order chi connectivity index (χ1) is 5.99. The molecule has 6 nitrogen and oxygen atoms in total. The lowest BCUT2D eigenvalue weighted by Gasteiger charge is -2.20. The molecule has 0 heterocycles. The summed E-state index contributed by atoms with van der Waals surface area (Å²) < 4.78 is 4.67. The molecule has 1 atom stereocenters. The highest BCUT2D eigenvalue weighted by molar-refractivity contribution is 5.74. The van der Waals surface area contributed by atoms with Crippen LogP contribution in [0.4, 0.5) is 4.79 Å². The second-order valence-corrected chi connectivity index (χ2v) is 2.60. The molecule has 0 radical (unpaired) electrons. The van der Waals surface area contributed by atoms with Crippen LogP contribution in [0.15, 0.2) is 0 Å². The standard InChI is InChI=1S/C7H15N3O3/c1-3-13-6(11)4-5(2)10(9)7(8)12/h5H,3-4,9H2,1-2H3,(H2,8,12). The smallest absolute Gasteiger partial charge is 0.329 e. The lowest BCUT2D eigenvalue weighted by Crippen LogP contribution is -2.48. The number of carbonyl (C=O) groups excluding carboxylic acids is 2. The van der Waals surface area contributed by atoms with E-state index >= 15 is 0 Å². The van der Waals surface area contributed by atoms with Crippen molar-refractivity contribution in [3.05, 3.63) is 0 Å². The van der Waals surface area contributed by atoms with Crippen LogP contribution in [-0.4, -0.2) is 29.7 Å². The van der Waals surface area contributed by atoms with Crippen LogP contribution in [0.1, 0.15) is 20.3 Å². The van der Waals surface area contributed by atoms with Gasteiger partial charge in [-0.15, -0.1) is 0 Å². The van der Waals surface area contributed by atoms with Gasteiger partial charge in [0.2, 0.25) is 0 Å². The minimum Gasteiger partial charge on any atom is -0.466 e. The SMILES string of the molecule is CCOC(=O)CC(C)N(N)C(N)=O. The fraction of sp³-hybridized carbons (Fsp3) is 0.714. The Morgan fingerprint density at radius 2 is 2.08 bits per heavy atom. The third-order valence-corrected chi connectivity index (χ3v) is 1.50. The van der Waals surface area contributed by atoms with Crippen LogP contribution in [0.5, 0.6) is 0 Å². The number of hydrazine groups is 1. The van der Waals surface area contributed by atoms with Gasteiger partial charge in [0.25, 0.3) is 0 Å². The van der Waals surface area contributed by atoms with Gasteiger partial charge in [-0.1, -0.05) is 0 Å². The van der Waals surface area contributed by atoms with Gasteiger partial charge < -0.3 is 10.5 Å². The van der Waals surface area contributed by atoms with Gasteiger partial charge in [0.05, 0.1) is 19.1 Å². The fourth-order valence-electron chi connectivity index (χ4n) is 0.777. The summed E-state index contributed by atoms with van der Waals surface area (Å²) in [5.41, 5.74) is 4.90. The van der Waals surface area contributed by atoms with Gasteiger partial charge >= 0.3 is 12.0 Å². The number of urea groups is 1. The molecule has 0 rings (SSSR count). The number of rotatable bonds is 4. The molecule has 0 saturated heterocycles. The Morgan fingerprint density at radius 1 is 1.54 bits per heavy atom. The van der Waals surface area contributed by atoms with E-state index in [0.717, 1.165) is 5.01 Å². The molecule has 0 aromatic rings. The van der Waals surface area contributed by atoms with Crippen molar-refractivity contribution in [3.8, 4) is 0 Å². The van der Waals surface area contributed by atoms with Gasteiger partial charge in [0.15, 0.2) is 0 Å². The van der Waals surface area contributed by atoms with E-state index in [2.05, 4.69) is 4.74 Å². The lowest BCUT2D eigenvalue weighted by atomic mass is 10.2. The molecule has 0 aliphatic heterocycles. The molecule has 0 aliphatic carbocycles. The zero-order valence-electron chi connectivity index (χ0n) is 7.82. The van der Waals surface area contributed by atoms with E-state index in [1.165, 1.54) is 0 Å². The summed E-state index contributed by atoms with van der Waals surface area (Å²) in [4.78, 5) is 21.5. The van der Waals surface area contributed by atoms with Crippen LogP contribution in [0.3, 0.4) is 0 Å². The zero-order valence-corrected chi connectivity index (χ0v) is 7.82. The molecule has 76 valence electrons. The molecule has 0 aromatic carbocycles. The largest absolute Gasteiger partial charge is 0.466 e. The molecule has 4 N–H and O–H groups in total. The maximum absolute atomic E-state index is 10.9. The topological polar surface area (TPSA) is 98.7 Å². The number of primary amides is 1. The van der Waals surface area contributed by atoms with Crippen LogP contribution in [0, 0.1) is 0 Å². The Hall–Kier alpha value is -1.30. The first kappa shape index (κ1) is 11.7. The summed E-state index contributed by atoms with van der Waals surface area (Å²) in [6, 6.07) is -1.21. The van der Waals surface area contributed by atoms with E-state index < -0.39 is 18.0 Å². The van der Waals surface area contributed by atoms with E-state index in [4.69, 9.17) is 11.6 Å². The van der Waals surface area contributed by atoms with Crippen molar-refractivity contribution < 1.29 is 14.3 Å². The van der Waals surface area contributed by atoms with Crippen molar-refractivity contribution in [2.45, 2.75) is 26.3 Å². The molecule has 1 unspecified atom stereocenters. The Morgan fingerprint density at radius 3 is 2.46 bits per heavy atom. The molecule has 0 aromatic heterocycles. The molecule has 13 heavy (non-hydrogen) atoms. The van der Waals surface area contributed by atoms with Gasteiger partial charge in [-0.3, -0.25) is 9.80 Å². The summed E-state index contributed by atoms with van der Waals surface area (Å²) in [5.74, 6) is 4.86. The van der Waals surface area contributed by atoms with Crippen molar-refractivity contribution in [1.82, 2.24) is 5.01 Å². The van der Waals surface area contributed by atoms with Gasteiger partial charge in [-0.2, -0.15) is 0 Å². The summed E-state index contributed by atoms with van der Waals surface area (Å²) in [5, 5.41) is 0.802. The van der Waals surface area contributed by atoms with E-state index in [9.17, 15) is 9.59 Å². The Bertz CT molecular complexity index is 195. The average molecular weight is 189 g/mol. The maximum Gasteiger partial charge on any atom is 0.329 e. The van der Waals surface area contributed by atoms with Crippen LogP contribution < -0.4 is 11.6 Å². The van der Waals surface area contributed by atoms with Crippen molar-refractivity contribution in [1.29, 1.82) is 0 Å². The maximum atomic E-state index is 10.9. The monoisotopic (exact) mass is 189 g/mol. The fourth-order valence-corrected chi connectivity index (χ4v) is 0.777. The highest BCUT2D eigenvalue weighted by Crippen LogP contribution is 1.99. The van der Waals surface area contributed by atoms with Gasteiger partial charge in [-0.25, -0.2) is 10.6 Å². The predicted octanol–water partition coefficient (Wildman–Crippen LogP) is -0.417. The molecule has 6 heteroatoms. The van der Waals surface area contributed by atoms with Gasteiger partial charge in [0.1, 0.15) is 0 Å². The highest BCUT2D eigenvalue weighted by Gasteiger charge is 2.17. The molecule has 0 aliphatic rings. The molecule has 2 amide bonds. The number of esters is 1. The van der Waals surface area contributed by atoms with Crippen LogP contribution >= 0.6 is 0 Å². The molecular formula is C7H15N3O3. The normalized spacial score (nSPS) is 11.9. The lowest BCUT2D eigenvalue weighted by molar-refractivity contribution is -0.144. The first-order valence-corrected chi connectivity index (χ1v) is 3.98. The number of hydrogen-bond donors (Lipinski definition) is 2. The van der Waals surface area contributed by atoms with E-state index in [0.29, 0.717) is 6.61 Å². The third kappa shape index (κ3) is 4.32. The Labute approximate surface area is 76.8 Å². The van der Waals surface area contributed by atoms with E-state index in [1.54, 1.807) is 13.8 Å². The van der Waals surface area contributed by atoms with E-state index in [-0.39, 0.29) is 6.42 Å². The average Bonchev–Trinajstić information content (AvgIpc) is 2.03. The molecule has 0 fully saturated rings. The van der Waals surface area contributed by atoms with Crippen molar-refractivity contribution in [2.75, 3.05) is 6.61 Å². The third-order valence-electron chi connectivity index (χ3n) is 1.50. The summed E-state index contributed by atoms with van der Waals surface area (Å²) >= 11 is 0. The highest BCUT2D eigenvalue weighted by atomic mass is 16.5. The van der Waals surface area contributed by atoms with Crippen molar-refractivity contribution in [3.63, 3.8) is 0 Å². The van der Waals surface area contributed by atoms with Gasteiger partial charge in [-0.05, 0) is 13.8 Å². The number of nitrogens with two attached hydrogens (primary N) is 2. The molecule has 0 spiro atoms. The summed E-state index contributed by atoms with van der Waals surface area (Å²) in [6.45, 7) is 3.63. The predicted molar refractivity (Wildman–Crippen MR) is 46.3 cm³/mol. The van der Waals surface area contributed by atoms with Crippen molar-refractivity contribution in [2.24, 2.45) is 11.6 Å². The Kier molecular flexibility index (Phi) is 4.83. The number of ether oxygens (including phenoxy) is 1.